The van der Waals surface area contributed by atoms with Crippen molar-refractivity contribution in [2.45, 2.75) is 20.0 Å². The Morgan fingerprint density at radius 2 is 2.05 bits per heavy atom. The Kier molecular flexibility index (Phi) is 5.26. The van der Waals surface area contributed by atoms with Crippen molar-refractivity contribution >= 4 is 17.5 Å². The van der Waals surface area contributed by atoms with Crippen LogP contribution in [0.3, 0.4) is 0 Å². The number of ether oxygens (including phenoxy) is 1. The predicted molar refractivity (Wildman–Crippen MR) is 80.2 cm³/mol. The van der Waals surface area contributed by atoms with Crippen LogP contribution < -0.4 is 4.74 Å². The summed E-state index contributed by atoms with van der Waals surface area (Å²) >= 11 is 5.91. The van der Waals surface area contributed by atoms with Crippen molar-refractivity contribution in [2.24, 2.45) is 0 Å². The number of carbonyl (C=O) groups is 1. The quantitative estimate of drug-likeness (QED) is 0.854. The maximum Gasteiger partial charge on any atom is 0.263 e. The zero-order chi connectivity index (χ0) is 14.5. The fraction of sp³-hybridized carbons (Fsp3) is 0.533. The van der Waals surface area contributed by atoms with E-state index in [1.807, 2.05) is 17.0 Å². The third-order valence-electron chi connectivity index (χ3n) is 3.59. The molecule has 1 saturated heterocycles. The second-order valence-corrected chi connectivity index (χ2v) is 5.41. The molecule has 0 spiro atoms. The highest BCUT2D eigenvalue weighted by Crippen LogP contribution is 2.19. The first-order valence-corrected chi connectivity index (χ1v) is 7.41. The van der Waals surface area contributed by atoms with E-state index in [2.05, 4.69) is 11.8 Å². The highest BCUT2D eigenvalue weighted by atomic mass is 35.5. The summed E-state index contributed by atoms with van der Waals surface area (Å²) in [6.45, 7) is 8.39. The number of benzene rings is 1. The number of halogens is 1. The molecule has 0 aliphatic carbocycles. The van der Waals surface area contributed by atoms with Crippen molar-refractivity contribution in [1.82, 2.24) is 9.80 Å². The maximum absolute atomic E-state index is 12.3. The number of piperazine rings is 1. The molecule has 1 fully saturated rings. The van der Waals surface area contributed by atoms with Crippen LogP contribution in [-0.4, -0.2) is 54.5 Å². The van der Waals surface area contributed by atoms with E-state index < -0.39 is 6.10 Å². The molecule has 0 bridgehead atoms. The van der Waals surface area contributed by atoms with Crippen molar-refractivity contribution in [3.05, 3.63) is 29.3 Å². The molecular formula is C15H21ClN2O2. The summed E-state index contributed by atoms with van der Waals surface area (Å²) in [7, 11) is 0. The van der Waals surface area contributed by atoms with Crippen LogP contribution >= 0.6 is 11.6 Å². The minimum Gasteiger partial charge on any atom is -0.481 e. The molecule has 0 N–H and O–H groups in total. The van der Waals surface area contributed by atoms with Gasteiger partial charge in [-0.3, -0.25) is 4.79 Å². The number of nitrogens with zero attached hydrogens (tertiary/aromatic N) is 2. The fourth-order valence-corrected chi connectivity index (χ4v) is 2.52. The highest BCUT2D eigenvalue weighted by molar-refractivity contribution is 6.30. The van der Waals surface area contributed by atoms with Crippen LogP contribution in [0.25, 0.3) is 0 Å². The molecule has 110 valence electrons. The summed E-state index contributed by atoms with van der Waals surface area (Å²) in [5, 5.41) is 0.610. The largest absolute Gasteiger partial charge is 0.481 e. The third kappa shape index (κ3) is 3.87. The van der Waals surface area contributed by atoms with Crippen LogP contribution in [0, 0.1) is 0 Å². The summed E-state index contributed by atoms with van der Waals surface area (Å²) in [6, 6.07) is 7.13. The Labute approximate surface area is 125 Å². The summed E-state index contributed by atoms with van der Waals surface area (Å²) in [4.78, 5) is 16.5. The number of hydrogen-bond donors (Lipinski definition) is 0. The van der Waals surface area contributed by atoms with Crippen molar-refractivity contribution < 1.29 is 9.53 Å². The standard InChI is InChI=1S/C15H21ClN2O2/c1-3-17-7-9-18(10-8-17)15(19)12(2)20-14-6-4-5-13(16)11-14/h4-6,11-12H,3,7-10H2,1-2H3. The predicted octanol–water partition coefficient (Wildman–Crippen LogP) is 2.27. The van der Waals surface area contributed by atoms with Gasteiger partial charge in [-0.05, 0) is 31.7 Å². The molecule has 0 aromatic heterocycles. The van der Waals surface area contributed by atoms with Gasteiger partial charge in [0.15, 0.2) is 6.10 Å². The Bertz CT molecular complexity index is 459. The molecule has 20 heavy (non-hydrogen) atoms. The fourth-order valence-electron chi connectivity index (χ4n) is 2.34. The van der Waals surface area contributed by atoms with Gasteiger partial charge in [0.05, 0.1) is 0 Å². The van der Waals surface area contributed by atoms with Gasteiger partial charge in [0, 0.05) is 31.2 Å². The van der Waals surface area contributed by atoms with Crippen LogP contribution in [0.4, 0.5) is 0 Å². The van der Waals surface area contributed by atoms with Gasteiger partial charge in [0.2, 0.25) is 0 Å². The molecule has 0 radical (unpaired) electrons. The average molecular weight is 297 g/mol. The minimum absolute atomic E-state index is 0.0423. The molecule has 2 rings (SSSR count). The van der Waals surface area contributed by atoms with Crippen LogP contribution in [0.2, 0.25) is 5.02 Å². The van der Waals surface area contributed by atoms with E-state index in [4.69, 9.17) is 16.3 Å². The maximum atomic E-state index is 12.3. The Morgan fingerprint density at radius 1 is 1.35 bits per heavy atom. The first kappa shape index (κ1) is 15.1. The van der Waals surface area contributed by atoms with E-state index in [0.717, 1.165) is 32.7 Å². The van der Waals surface area contributed by atoms with Gasteiger partial charge in [-0.15, -0.1) is 0 Å². The van der Waals surface area contributed by atoms with Crippen LogP contribution in [0.1, 0.15) is 13.8 Å². The first-order valence-electron chi connectivity index (χ1n) is 7.03. The SMILES string of the molecule is CCN1CCN(C(=O)C(C)Oc2cccc(Cl)c2)CC1. The number of amides is 1. The molecule has 1 amide bonds. The molecule has 1 aliphatic rings. The molecule has 0 saturated carbocycles. The lowest BCUT2D eigenvalue weighted by atomic mass is 10.2. The van der Waals surface area contributed by atoms with E-state index in [1.54, 1.807) is 19.1 Å². The van der Waals surface area contributed by atoms with Gasteiger partial charge in [-0.1, -0.05) is 24.6 Å². The lowest BCUT2D eigenvalue weighted by Gasteiger charge is -2.35. The summed E-state index contributed by atoms with van der Waals surface area (Å²) in [5.41, 5.74) is 0. The van der Waals surface area contributed by atoms with Crippen molar-refractivity contribution in [2.75, 3.05) is 32.7 Å². The van der Waals surface area contributed by atoms with Crippen LogP contribution in [0.5, 0.6) is 5.75 Å². The molecule has 1 aromatic rings. The van der Waals surface area contributed by atoms with Crippen molar-refractivity contribution in [3.8, 4) is 5.75 Å². The molecule has 1 heterocycles. The van der Waals surface area contributed by atoms with Crippen LogP contribution in [0.15, 0.2) is 24.3 Å². The molecule has 1 aromatic carbocycles. The molecule has 1 unspecified atom stereocenters. The van der Waals surface area contributed by atoms with E-state index in [0.29, 0.717) is 10.8 Å². The summed E-state index contributed by atoms with van der Waals surface area (Å²) in [6.07, 6.45) is -0.485. The van der Waals surface area contributed by atoms with E-state index in [1.165, 1.54) is 0 Å². The third-order valence-corrected chi connectivity index (χ3v) is 3.82. The monoisotopic (exact) mass is 296 g/mol. The van der Waals surface area contributed by atoms with Crippen molar-refractivity contribution in [1.29, 1.82) is 0 Å². The zero-order valence-electron chi connectivity index (χ0n) is 12.0. The highest BCUT2D eigenvalue weighted by Gasteiger charge is 2.25. The lowest BCUT2D eigenvalue weighted by molar-refractivity contribution is -0.139. The Hall–Kier alpha value is -1.26. The Morgan fingerprint density at radius 3 is 2.65 bits per heavy atom. The van der Waals surface area contributed by atoms with Gasteiger partial charge >= 0.3 is 0 Å². The van der Waals surface area contributed by atoms with E-state index in [9.17, 15) is 4.79 Å². The van der Waals surface area contributed by atoms with Crippen molar-refractivity contribution in [3.63, 3.8) is 0 Å². The van der Waals surface area contributed by atoms with Gasteiger partial charge in [-0.2, -0.15) is 0 Å². The molecule has 5 heteroatoms. The van der Waals surface area contributed by atoms with Crippen LogP contribution in [-0.2, 0) is 4.79 Å². The second-order valence-electron chi connectivity index (χ2n) is 4.98. The molecular weight excluding hydrogens is 276 g/mol. The molecule has 1 aliphatic heterocycles. The number of carbonyl (C=O) groups excluding carboxylic acids is 1. The van der Waals surface area contributed by atoms with Gasteiger partial charge in [-0.25, -0.2) is 0 Å². The normalized spacial score (nSPS) is 17.9. The van der Waals surface area contributed by atoms with E-state index in [-0.39, 0.29) is 5.91 Å². The number of likely N-dealkylation sites (N-methyl/N-ethyl adjacent to an activating group) is 1. The average Bonchev–Trinajstić information content (AvgIpc) is 2.46. The summed E-state index contributed by atoms with van der Waals surface area (Å²) < 4.78 is 5.67. The summed E-state index contributed by atoms with van der Waals surface area (Å²) in [5.74, 6) is 0.672. The molecule has 4 nitrogen and oxygen atoms in total. The van der Waals surface area contributed by atoms with E-state index >= 15 is 0 Å². The zero-order valence-corrected chi connectivity index (χ0v) is 12.8. The lowest BCUT2D eigenvalue weighted by Crippen LogP contribution is -2.51. The number of rotatable bonds is 4. The van der Waals surface area contributed by atoms with Gasteiger partial charge in [0.1, 0.15) is 5.75 Å². The van der Waals surface area contributed by atoms with Gasteiger partial charge < -0.3 is 14.5 Å². The smallest absolute Gasteiger partial charge is 0.263 e. The topological polar surface area (TPSA) is 32.8 Å². The first-order chi connectivity index (χ1) is 9.60. The Balaban J connectivity index is 1.89. The minimum atomic E-state index is -0.485. The second kappa shape index (κ2) is 6.95. The number of hydrogen-bond acceptors (Lipinski definition) is 3. The molecule has 1 atom stereocenters. The van der Waals surface area contributed by atoms with Gasteiger partial charge in [0.25, 0.3) is 5.91 Å².